The molecule has 2 aromatic carbocycles. The fraction of sp³-hybridized carbons (Fsp3) is 0.278. The van der Waals surface area contributed by atoms with Gasteiger partial charge in [-0.1, -0.05) is 35.9 Å². The van der Waals surface area contributed by atoms with Crippen LogP contribution >= 0.6 is 11.6 Å². The Hall–Kier alpha value is -2.29. The van der Waals surface area contributed by atoms with Crippen LogP contribution in [0.25, 0.3) is 0 Å². The Bertz CT molecular complexity index is 888. The molecule has 0 aliphatic rings. The van der Waals surface area contributed by atoms with Crippen LogP contribution in [-0.4, -0.2) is 41.6 Å². The van der Waals surface area contributed by atoms with E-state index in [2.05, 4.69) is 20.3 Å². The van der Waals surface area contributed by atoms with Crippen molar-refractivity contribution in [3.8, 4) is 5.75 Å². The number of benzene rings is 2. The molecule has 0 aliphatic carbocycles. The fourth-order valence-electron chi connectivity index (χ4n) is 2.33. The summed E-state index contributed by atoms with van der Waals surface area (Å²) in [5, 5.41) is 6.59. The van der Waals surface area contributed by atoms with Crippen LogP contribution in [0.1, 0.15) is 5.56 Å². The lowest BCUT2D eigenvalue weighted by Gasteiger charge is -2.14. The zero-order valence-electron chi connectivity index (χ0n) is 15.2. The second-order valence-electron chi connectivity index (χ2n) is 5.52. The average Bonchev–Trinajstić information content (AvgIpc) is 2.67. The van der Waals surface area contributed by atoms with Crippen molar-refractivity contribution in [2.24, 2.45) is 4.99 Å². The summed E-state index contributed by atoms with van der Waals surface area (Å²) in [6, 6.07) is 13.8. The van der Waals surface area contributed by atoms with Gasteiger partial charge in [0.15, 0.2) is 5.96 Å². The summed E-state index contributed by atoms with van der Waals surface area (Å²) in [6.07, 6.45) is 0. The summed E-state index contributed by atoms with van der Waals surface area (Å²) >= 11 is 5.84. The molecule has 0 saturated carbocycles. The van der Waals surface area contributed by atoms with Crippen LogP contribution in [0.5, 0.6) is 5.75 Å². The molecule has 0 heterocycles. The highest BCUT2D eigenvalue weighted by atomic mass is 35.5. The second-order valence-corrected chi connectivity index (χ2v) is 7.72. The third kappa shape index (κ3) is 6.42. The van der Waals surface area contributed by atoms with Gasteiger partial charge in [-0.3, -0.25) is 4.99 Å². The van der Waals surface area contributed by atoms with E-state index < -0.39 is 10.0 Å². The van der Waals surface area contributed by atoms with E-state index in [1.165, 1.54) is 12.1 Å². The van der Waals surface area contributed by atoms with Crippen LogP contribution in [0, 0.1) is 0 Å². The van der Waals surface area contributed by atoms with Gasteiger partial charge in [0, 0.05) is 37.3 Å². The highest BCUT2D eigenvalue weighted by molar-refractivity contribution is 7.89. The molecule has 0 aliphatic heterocycles. The van der Waals surface area contributed by atoms with Crippen molar-refractivity contribution in [2.45, 2.75) is 11.4 Å². The van der Waals surface area contributed by atoms with Gasteiger partial charge in [0.1, 0.15) is 5.75 Å². The second kappa shape index (κ2) is 10.1. The van der Waals surface area contributed by atoms with E-state index in [4.69, 9.17) is 16.3 Å². The molecule has 7 nitrogen and oxygen atoms in total. The SMILES string of the molecule is CN=C(NCCNS(=O)(=O)c1cccc(Cl)c1)NCc1ccccc1OC. The van der Waals surface area contributed by atoms with E-state index in [9.17, 15) is 8.42 Å². The highest BCUT2D eigenvalue weighted by Gasteiger charge is 2.13. The summed E-state index contributed by atoms with van der Waals surface area (Å²) in [4.78, 5) is 4.25. The number of rotatable bonds is 8. The van der Waals surface area contributed by atoms with E-state index in [0.29, 0.717) is 24.1 Å². The van der Waals surface area contributed by atoms with Crippen LogP contribution in [0.2, 0.25) is 5.02 Å². The zero-order valence-corrected chi connectivity index (χ0v) is 16.8. The number of ether oxygens (including phenoxy) is 1. The van der Waals surface area contributed by atoms with Crippen molar-refractivity contribution in [2.75, 3.05) is 27.2 Å². The number of guanidine groups is 1. The van der Waals surface area contributed by atoms with E-state index in [1.807, 2.05) is 24.3 Å². The first kappa shape index (κ1) is 21.0. The molecule has 146 valence electrons. The predicted molar refractivity (Wildman–Crippen MR) is 108 cm³/mol. The molecule has 2 rings (SSSR count). The Kier molecular flexibility index (Phi) is 7.90. The molecule has 0 unspecified atom stereocenters. The van der Waals surface area contributed by atoms with Gasteiger partial charge in [-0.15, -0.1) is 0 Å². The minimum absolute atomic E-state index is 0.133. The van der Waals surface area contributed by atoms with E-state index in [1.54, 1.807) is 26.3 Å². The standard InChI is InChI=1S/C18H23ClN4O3S/c1-20-18(22-13-14-6-3-4-9-17(14)26-2)21-10-11-23-27(24,25)16-8-5-7-15(19)12-16/h3-9,12,23H,10-11,13H2,1-2H3,(H2,20,21,22). The van der Waals surface area contributed by atoms with Gasteiger partial charge < -0.3 is 15.4 Å². The van der Waals surface area contributed by atoms with Crippen LogP contribution in [0.15, 0.2) is 58.4 Å². The Balaban J connectivity index is 1.81. The number of aliphatic imine (C=N–C) groups is 1. The summed E-state index contributed by atoms with van der Waals surface area (Å²) in [7, 11) is -0.334. The molecule has 27 heavy (non-hydrogen) atoms. The number of nitrogens with zero attached hydrogens (tertiary/aromatic N) is 1. The van der Waals surface area contributed by atoms with Gasteiger partial charge in [-0.25, -0.2) is 13.1 Å². The lowest BCUT2D eigenvalue weighted by atomic mass is 10.2. The maximum Gasteiger partial charge on any atom is 0.240 e. The Labute approximate surface area is 164 Å². The van der Waals surface area contributed by atoms with E-state index >= 15 is 0 Å². The van der Waals surface area contributed by atoms with Crippen molar-refractivity contribution < 1.29 is 13.2 Å². The first-order valence-electron chi connectivity index (χ1n) is 8.28. The minimum atomic E-state index is -3.60. The first-order valence-corrected chi connectivity index (χ1v) is 10.1. The first-order chi connectivity index (χ1) is 13.0. The number of nitrogens with one attached hydrogen (secondary N) is 3. The zero-order chi connectivity index (χ0) is 19.7. The maximum absolute atomic E-state index is 12.2. The van der Waals surface area contributed by atoms with Crippen molar-refractivity contribution in [1.29, 1.82) is 0 Å². The number of hydrogen-bond acceptors (Lipinski definition) is 4. The van der Waals surface area contributed by atoms with E-state index in [0.717, 1.165) is 11.3 Å². The van der Waals surface area contributed by atoms with Crippen molar-refractivity contribution in [3.63, 3.8) is 0 Å². The van der Waals surface area contributed by atoms with Gasteiger partial charge >= 0.3 is 0 Å². The Morgan fingerprint density at radius 3 is 2.59 bits per heavy atom. The maximum atomic E-state index is 12.2. The van der Waals surface area contributed by atoms with Crippen molar-refractivity contribution in [1.82, 2.24) is 15.4 Å². The van der Waals surface area contributed by atoms with Crippen molar-refractivity contribution in [3.05, 3.63) is 59.1 Å². The Morgan fingerprint density at radius 2 is 1.89 bits per heavy atom. The van der Waals surface area contributed by atoms with E-state index in [-0.39, 0.29) is 11.4 Å². The Morgan fingerprint density at radius 1 is 1.11 bits per heavy atom. The molecule has 0 bridgehead atoms. The van der Waals surface area contributed by atoms with Crippen LogP contribution in [0.4, 0.5) is 0 Å². The van der Waals surface area contributed by atoms with Gasteiger partial charge in [0.05, 0.1) is 12.0 Å². The summed E-state index contributed by atoms with van der Waals surface area (Å²) < 4.78 is 32.3. The molecule has 0 spiro atoms. The van der Waals surface area contributed by atoms with Crippen molar-refractivity contribution >= 4 is 27.6 Å². The van der Waals surface area contributed by atoms with Crippen LogP contribution in [0.3, 0.4) is 0 Å². The predicted octanol–water partition coefficient (Wildman–Crippen LogP) is 1.99. The monoisotopic (exact) mass is 410 g/mol. The number of hydrogen-bond donors (Lipinski definition) is 3. The molecular formula is C18H23ClN4O3S. The molecule has 3 N–H and O–H groups in total. The van der Waals surface area contributed by atoms with Crippen LogP contribution in [-0.2, 0) is 16.6 Å². The topological polar surface area (TPSA) is 91.8 Å². The lowest BCUT2D eigenvalue weighted by molar-refractivity contribution is 0.409. The molecule has 0 aromatic heterocycles. The summed E-state index contributed by atoms with van der Waals surface area (Å²) in [5.74, 6) is 1.34. The van der Waals surface area contributed by atoms with Gasteiger partial charge in [-0.2, -0.15) is 0 Å². The number of para-hydroxylation sites is 1. The number of sulfonamides is 1. The third-order valence-corrected chi connectivity index (χ3v) is 5.37. The average molecular weight is 411 g/mol. The van der Waals surface area contributed by atoms with Crippen LogP contribution < -0.4 is 20.1 Å². The fourth-order valence-corrected chi connectivity index (χ4v) is 3.66. The minimum Gasteiger partial charge on any atom is -0.496 e. The molecule has 0 atom stereocenters. The molecule has 2 aromatic rings. The molecule has 0 saturated heterocycles. The van der Waals surface area contributed by atoms with Gasteiger partial charge in [0.25, 0.3) is 0 Å². The van der Waals surface area contributed by atoms with Gasteiger partial charge in [0.2, 0.25) is 10.0 Å². The molecule has 0 amide bonds. The largest absolute Gasteiger partial charge is 0.496 e. The quantitative estimate of drug-likeness (QED) is 0.351. The highest BCUT2D eigenvalue weighted by Crippen LogP contribution is 2.16. The summed E-state index contributed by atoms with van der Waals surface area (Å²) in [5.41, 5.74) is 0.990. The van der Waals surface area contributed by atoms with Gasteiger partial charge in [-0.05, 0) is 24.3 Å². The third-order valence-electron chi connectivity index (χ3n) is 3.68. The molecule has 9 heteroatoms. The lowest BCUT2D eigenvalue weighted by Crippen LogP contribution is -2.41. The smallest absolute Gasteiger partial charge is 0.240 e. The number of methoxy groups -OCH3 is 1. The molecular weight excluding hydrogens is 388 g/mol. The number of halogens is 1. The molecule has 0 radical (unpaired) electrons. The molecule has 0 fully saturated rings. The normalized spacial score (nSPS) is 11.9. The summed E-state index contributed by atoms with van der Waals surface area (Å²) in [6.45, 7) is 1.09.